The Morgan fingerprint density at radius 3 is 2.75 bits per heavy atom. The van der Waals surface area contributed by atoms with Crippen LogP contribution in [0, 0.1) is 0 Å². The summed E-state index contributed by atoms with van der Waals surface area (Å²) in [6.45, 7) is 4.68. The van der Waals surface area contributed by atoms with E-state index in [-0.39, 0.29) is 0 Å². The van der Waals surface area contributed by atoms with Gasteiger partial charge in [0.2, 0.25) is 10.0 Å². The lowest BCUT2D eigenvalue weighted by atomic mass is 10.4. The van der Waals surface area contributed by atoms with Gasteiger partial charge in [-0.1, -0.05) is 6.92 Å². The summed E-state index contributed by atoms with van der Waals surface area (Å²) in [5.74, 6) is 0. The second-order valence-corrected chi connectivity index (χ2v) is 4.60. The Hall–Kier alpha value is -0.170. The lowest BCUT2D eigenvalue weighted by molar-refractivity contribution is 0.221. The summed E-state index contributed by atoms with van der Waals surface area (Å²) in [5, 5.41) is 7.53. The van der Waals surface area contributed by atoms with Gasteiger partial charge in [-0.25, -0.2) is 13.6 Å². The van der Waals surface area contributed by atoms with E-state index in [0.717, 1.165) is 19.6 Å². The minimum absolute atomic E-state index is 0.437. The molecule has 0 radical (unpaired) electrons. The smallest absolute Gasteiger partial charge is 0.226 e. The first-order chi connectivity index (χ1) is 5.55. The van der Waals surface area contributed by atoms with E-state index in [9.17, 15) is 8.42 Å². The minimum atomic E-state index is -3.42. The number of sulfonamides is 1. The van der Waals surface area contributed by atoms with Crippen molar-refractivity contribution < 1.29 is 8.42 Å². The molecule has 0 spiro atoms. The van der Waals surface area contributed by atoms with Crippen molar-refractivity contribution in [1.29, 1.82) is 0 Å². The zero-order valence-electron chi connectivity index (χ0n) is 7.16. The van der Waals surface area contributed by atoms with Crippen LogP contribution in [0.4, 0.5) is 0 Å². The van der Waals surface area contributed by atoms with E-state index in [2.05, 4.69) is 5.32 Å². The van der Waals surface area contributed by atoms with Crippen LogP contribution in [0.2, 0.25) is 0 Å². The van der Waals surface area contributed by atoms with E-state index in [1.165, 1.54) is 0 Å². The molecular weight excluding hydrogens is 178 g/mol. The van der Waals surface area contributed by atoms with Crippen molar-refractivity contribution in [2.75, 3.05) is 26.2 Å². The molecular formula is C6H15N3O2S. The summed E-state index contributed by atoms with van der Waals surface area (Å²) in [6.07, 6.45) is 0. The summed E-state index contributed by atoms with van der Waals surface area (Å²) >= 11 is 0. The van der Waals surface area contributed by atoms with Crippen LogP contribution >= 0.6 is 0 Å². The fourth-order valence-corrected chi connectivity index (χ4v) is 2.43. The molecule has 3 N–H and O–H groups in total. The van der Waals surface area contributed by atoms with Crippen molar-refractivity contribution in [3.63, 3.8) is 0 Å². The Balaban J connectivity index is 2.72. The number of primary sulfonamides is 1. The van der Waals surface area contributed by atoms with Crippen LogP contribution in [0.15, 0.2) is 0 Å². The zero-order valence-corrected chi connectivity index (χ0v) is 7.97. The Kier molecular flexibility index (Phi) is 3.05. The molecule has 1 saturated heterocycles. The molecule has 0 saturated carbocycles. The summed E-state index contributed by atoms with van der Waals surface area (Å²) in [5.41, 5.74) is 0. The van der Waals surface area contributed by atoms with Gasteiger partial charge in [-0.2, -0.15) is 0 Å². The molecule has 0 aromatic rings. The normalized spacial score (nSPS) is 27.3. The number of rotatable bonds is 2. The first-order valence-corrected chi connectivity index (χ1v) is 5.63. The second kappa shape index (κ2) is 3.69. The molecule has 1 aliphatic rings. The molecule has 0 amide bonds. The van der Waals surface area contributed by atoms with Crippen LogP contribution in [-0.2, 0) is 10.0 Å². The molecule has 0 aromatic carbocycles. The predicted molar refractivity (Wildman–Crippen MR) is 47.0 cm³/mol. The van der Waals surface area contributed by atoms with Crippen molar-refractivity contribution in [3.05, 3.63) is 0 Å². The molecule has 5 nitrogen and oxygen atoms in total. The number of nitrogens with zero attached hydrogens (tertiary/aromatic N) is 1. The third-order valence-corrected chi connectivity index (χ3v) is 3.31. The Bertz CT molecular complexity index is 239. The number of hydrogen-bond acceptors (Lipinski definition) is 4. The highest BCUT2D eigenvalue weighted by atomic mass is 32.2. The molecule has 1 atom stereocenters. The zero-order chi connectivity index (χ0) is 9.19. The molecule has 1 aliphatic heterocycles. The van der Waals surface area contributed by atoms with Crippen molar-refractivity contribution in [2.45, 2.75) is 12.3 Å². The molecule has 0 aromatic heterocycles. The third kappa shape index (κ3) is 2.16. The third-order valence-electron chi connectivity index (χ3n) is 2.09. The molecule has 1 fully saturated rings. The van der Waals surface area contributed by atoms with Crippen molar-refractivity contribution in [3.8, 4) is 0 Å². The summed E-state index contributed by atoms with van der Waals surface area (Å²) in [6, 6.07) is 0. The average Bonchev–Trinajstić information content (AvgIpc) is 2.03. The highest BCUT2D eigenvalue weighted by Crippen LogP contribution is 2.06. The largest absolute Gasteiger partial charge is 0.313 e. The van der Waals surface area contributed by atoms with Gasteiger partial charge < -0.3 is 5.32 Å². The molecule has 1 rings (SSSR count). The van der Waals surface area contributed by atoms with Crippen LogP contribution in [0.25, 0.3) is 0 Å². The topological polar surface area (TPSA) is 75.4 Å². The van der Waals surface area contributed by atoms with Gasteiger partial charge in [-0.3, -0.25) is 4.90 Å². The van der Waals surface area contributed by atoms with E-state index in [1.807, 2.05) is 11.8 Å². The number of piperazine rings is 1. The Labute approximate surface area is 73.0 Å². The summed E-state index contributed by atoms with van der Waals surface area (Å²) in [4.78, 5) is 1.87. The van der Waals surface area contributed by atoms with Gasteiger partial charge in [0, 0.05) is 19.6 Å². The molecule has 0 aliphatic carbocycles. The number of likely N-dealkylation sites (N-methyl/N-ethyl adjacent to an activating group) is 1. The fourth-order valence-electron chi connectivity index (χ4n) is 1.41. The first-order valence-electron chi connectivity index (χ1n) is 4.02. The Morgan fingerprint density at radius 2 is 2.33 bits per heavy atom. The number of nitrogens with one attached hydrogen (secondary N) is 1. The van der Waals surface area contributed by atoms with E-state index in [1.54, 1.807) is 0 Å². The maximum Gasteiger partial charge on any atom is 0.226 e. The fraction of sp³-hybridized carbons (Fsp3) is 1.00. The van der Waals surface area contributed by atoms with Gasteiger partial charge >= 0.3 is 0 Å². The highest BCUT2D eigenvalue weighted by molar-refractivity contribution is 7.89. The van der Waals surface area contributed by atoms with Crippen LogP contribution < -0.4 is 10.5 Å². The van der Waals surface area contributed by atoms with E-state index in [0.29, 0.717) is 6.54 Å². The van der Waals surface area contributed by atoms with Crippen LogP contribution in [0.3, 0.4) is 0 Å². The monoisotopic (exact) mass is 193 g/mol. The Morgan fingerprint density at radius 1 is 1.67 bits per heavy atom. The first kappa shape index (κ1) is 9.91. The number of hydrogen-bond donors (Lipinski definition) is 2. The summed E-state index contributed by atoms with van der Waals surface area (Å²) < 4.78 is 22.1. The van der Waals surface area contributed by atoms with Crippen molar-refractivity contribution in [2.24, 2.45) is 5.14 Å². The van der Waals surface area contributed by atoms with Gasteiger partial charge in [-0.05, 0) is 6.54 Å². The van der Waals surface area contributed by atoms with Gasteiger partial charge in [0.15, 0.2) is 0 Å². The second-order valence-electron chi connectivity index (χ2n) is 2.88. The van der Waals surface area contributed by atoms with Gasteiger partial charge in [-0.15, -0.1) is 0 Å². The molecule has 1 heterocycles. The minimum Gasteiger partial charge on any atom is -0.313 e. The molecule has 72 valence electrons. The standard InChI is InChI=1S/C6H15N3O2S/c1-2-9-4-3-8-5-6(9)12(7,10)11/h6,8H,2-5H2,1H3,(H2,7,10,11). The van der Waals surface area contributed by atoms with Crippen LogP contribution in [0.1, 0.15) is 6.92 Å². The van der Waals surface area contributed by atoms with Gasteiger partial charge in [0.25, 0.3) is 0 Å². The molecule has 12 heavy (non-hydrogen) atoms. The summed E-state index contributed by atoms with van der Waals surface area (Å²) in [7, 11) is -3.42. The van der Waals surface area contributed by atoms with Gasteiger partial charge in [0.1, 0.15) is 5.37 Å². The van der Waals surface area contributed by atoms with E-state index < -0.39 is 15.4 Å². The average molecular weight is 193 g/mol. The quantitative estimate of drug-likeness (QED) is 0.561. The predicted octanol–water partition coefficient (Wildman–Crippen LogP) is -1.47. The van der Waals surface area contributed by atoms with E-state index in [4.69, 9.17) is 5.14 Å². The maximum atomic E-state index is 11.1. The SMILES string of the molecule is CCN1CCNCC1S(N)(=O)=O. The van der Waals surface area contributed by atoms with Gasteiger partial charge in [0.05, 0.1) is 0 Å². The van der Waals surface area contributed by atoms with Crippen molar-refractivity contribution >= 4 is 10.0 Å². The lowest BCUT2D eigenvalue weighted by Crippen LogP contribution is -2.56. The molecule has 1 unspecified atom stereocenters. The number of nitrogens with two attached hydrogens (primary N) is 1. The van der Waals surface area contributed by atoms with Crippen LogP contribution in [-0.4, -0.2) is 44.9 Å². The van der Waals surface area contributed by atoms with Crippen molar-refractivity contribution in [1.82, 2.24) is 10.2 Å². The van der Waals surface area contributed by atoms with E-state index >= 15 is 0 Å². The highest BCUT2D eigenvalue weighted by Gasteiger charge is 2.29. The molecule has 0 bridgehead atoms. The lowest BCUT2D eigenvalue weighted by Gasteiger charge is -2.33. The maximum absolute atomic E-state index is 11.1. The molecule has 6 heteroatoms. The van der Waals surface area contributed by atoms with Crippen LogP contribution in [0.5, 0.6) is 0 Å².